The first kappa shape index (κ1) is 12.7. The molecule has 0 unspecified atom stereocenters. The van der Waals surface area contributed by atoms with Crippen molar-refractivity contribution in [3.63, 3.8) is 0 Å². The van der Waals surface area contributed by atoms with Gasteiger partial charge in [0, 0.05) is 20.1 Å². The lowest BCUT2D eigenvalue weighted by atomic mass is 10.1. The van der Waals surface area contributed by atoms with Crippen LogP contribution in [0.4, 0.5) is 4.39 Å². The summed E-state index contributed by atoms with van der Waals surface area (Å²) in [7, 11) is 1.86. The molecule has 2 aromatic rings. The lowest BCUT2D eigenvalue weighted by Gasteiger charge is -2.08. The number of nitrogens with zero attached hydrogens (tertiary/aromatic N) is 3. The third-order valence-corrected chi connectivity index (χ3v) is 2.94. The molecule has 1 aromatic carbocycles. The van der Waals surface area contributed by atoms with Gasteiger partial charge in [-0.3, -0.25) is 4.68 Å². The van der Waals surface area contributed by atoms with Gasteiger partial charge in [0.15, 0.2) is 0 Å². The van der Waals surface area contributed by atoms with Crippen molar-refractivity contribution in [3.05, 3.63) is 46.5 Å². The van der Waals surface area contributed by atoms with Gasteiger partial charge in [0.1, 0.15) is 5.82 Å². The van der Waals surface area contributed by atoms with Crippen LogP contribution >= 0.6 is 0 Å². The van der Waals surface area contributed by atoms with E-state index in [1.54, 1.807) is 24.7 Å². The second kappa shape index (κ2) is 5.27. The van der Waals surface area contributed by atoms with Gasteiger partial charge < -0.3 is 5.32 Å². The van der Waals surface area contributed by atoms with Gasteiger partial charge >= 0.3 is 0 Å². The van der Waals surface area contributed by atoms with Crippen molar-refractivity contribution in [1.29, 1.82) is 0 Å². The zero-order valence-electron chi connectivity index (χ0n) is 10.9. The number of aromatic nitrogens is 3. The van der Waals surface area contributed by atoms with Crippen LogP contribution in [0.5, 0.6) is 0 Å². The third kappa shape index (κ3) is 2.73. The number of benzene rings is 1. The first-order valence-electron chi connectivity index (χ1n) is 5.88. The number of aryl methyl sites for hydroxylation is 3. The van der Waals surface area contributed by atoms with Crippen LogP contribution in [0, 0.1) is 19.7 Å². The molecule has 0 saturated carbocycles. The maximum atomic E-state index is 13.5. The molecule has 1 heterocycles. The monoisotopic (exact) mass is 248 g/mol. The molecular weight excluding hydrogens is 231 g/mol. The molecule has 2 rings (SSSR count). The second-order valence-corrected chi connectivity index (χ2v) is 4.50. The minimum atomic E-state index is -0.116. The third-order valence-electron chi connectivity index (χ3n) is 2.94. The molecule has 0 aliphatic carbocycles. The van der Waals surface area contributed by atoms with Gasteiger partial charge in [-0.25, -0.2) is 4.39 Å². The lowest BCUT2D eigenvalue weighted by Crippen LogP contribution is -2.15. The van der Waals surface area contributed by atoms with E-state index in [1.807, 2.05) is 19.2 Å². The molecule has 0 bridgehead atoms. The SMILES string of the molecule is Cc1cc(CNCc2cnnn2C)cc(C)c1F. The predicted octanol–water partition coefficient (Wildman–Crippen LogP) is 1.86. The van der Waals surface area contributed by atoms with Crippen LogP contribution in [-0.4, -0.2) is 15.0 Å². The van der Waals surface area contributed by atoms with Crippen LogP contribution in [-0.2, 0) is 20.1 Å². The van der Waals surface area contributed by atoms with Crippen molar-refractivity contribution in [3.8, 4) is 0 Å². The van der Waals surface area contributed by atoms with Crippen molar-refractivity contribution < 1.29 is 4.39 Å². The Morgan fingerprint density at radius 3 is 2.44 bits per heavy atom. The van der Waals surface area contributed by atoms with Crippen molar-refractivity contribution in [1.82, 2.24) is 20.3 Å². The summed E-state index contributed by atoms with van der Waals surface area (Å²) in [6.07, 6.45) is 1.73. The Labute approximate surface area is 106 Å². The zero-order chi connectivity index (χ0) is 13.1. The number of hydrogen-bond acceptors (Lipinski definition) is 3. The van der Waals surface area contributed by atoms with Crippen molar-refractivity contribution >= 4 is 0 Å². The van der Waals surface area contributed by atoms with Crippen LogP contribution in [0.2, 0.25) is 0 Å². The molecular formula is C13H17FN4. The largest absolute Gasteiger partial charge is 0.307 e. The number of halogens is 1. The molecule has 0 amide bonds. The van der Waals surface area contributed by atoms with Crippen LogP contribution in [0.25, 0.3) is 0 Å². The molecule has 0 aliphatic rings. The van der Waals surface area contributed by atoms with Crippen LogP contribution in [0.1, 0.15) is 22.4 Å². The molecule has 1 N–H and O–H groups in total. The van der Waals surface area contributed by atoms with E-state index in [0.29, 0.717) is 24.2 Å². The Balaban J connectivity index is 1.97. The maximum absolute atomic E-state index is 13.5. The fourth-order valence-electron chi connectivity index (χ4n) is 1.94. The maximum Gasteiger partial charge on any atom is 0.129 e. The Hall–Kier alpha value is -1.75. The lowest BCUT2D eigenvalue weighted by molar-refractivity contribution is 0.601. The van der Waals surface area contributed by atoms with E-state index in [9.17, 15) is 4.39 Å². The Morgan fingerprint density at radius 2 is 1.89 bits per heavy atom. The molecule has 0 radical (unpaired) electrons. The summed E-state index contributed by atoms with van der Waals surface area (Å²) in [5.74, 6) is -0.116. The molecule has 0 saturated heterocycles. The van der Waals surface area contributed by atoms with E-state index < -0.39 is 0 Å². The standard InChI is InChI=1S/C13H17FN4/c1-9-4-11(5-10(2)13(9)14)6-15-7-12-8-16-17-18(12)3/h4-5,8,15H,6-7H2,1-3H3. The summed E-state index contributed by atoms with van der Waals surface area (Å²) in [5.41, 5.74) is 3.48. The molecule has 96 valence electrons. The van der Waals surface area contributed by atoms with Crippen molar-refractivity contribution in [2.24, 2.45) is 7.05 Å². The normalized spacial score (nSPS) is 10.9. The van der Waals surface area contributed by atoms with E-state index in [-0.39, 0.29) is 5.82 Å². The summed E-state index contributed by atoms with van der Waals surface area (Å²) in [4.78, 5) is 0. The molecule has 0 fully saturated rings. The Bertz CT molecular complexity index is 525. The van der Waals surface area contributed by atoms with Crippen LogP contribution < -0.4 is 5.32 Å². The summed E-state index contributed by atoms with van der Waals surface area (Å²) in [5, 5.41) is 11.0. The fraction of sp³-hybridized carbons (Fsp3) is 0.385. The quantitative estimate of drug-likeness (QED) is 0.898. The molecule has 0 spiro atoms. The first-order chi connectivity index (χ1) is 8.58. The minimum Gasteiger partial charge on any atom is -0.307 e. The van der Waals surface area contributed by atoms with E-state index in [0.717, 1.165) is 11.3 Å². The van der Waals surface area contributed by atoms with E-state index in [2.05, 4.69) is 15.6 Å². The van der Waals surface area contributed by atoms with Gasteiger partial charge in [0.2, 0.25) is 0 Å². The van der Waals surface area contributed by atoms with Gasteiger partial charge in [-0.1, -0.05) is 17.3 Å². The summed E-state index contributed by atoms with van der Waals surface area (Å²) in [6, 6.07) is 3.74. The van der Waals surface area contributed by atoms with Gasteiger partial charge in [-0.2, -0.15) is 0 Å². The highest BCUT2D eigenvalue weighted by Gasteiger charge is 2.04. The molecule has 4 nitrogen and oxygen atoms in total. The highest BCUT2D eigenvalue weighted by atomic mass is 19.1. The smallest absolute Gasteiger partial charge is 0.129 e. The van der Waals surface area contributed by atoms with Gasteiger partial charge in [0.25, 0.3) is 0 Å². The van der Waals surface area contributed by atoms with Crippen molar-refractivity contribution in [2.45, 2.75) is 26.9 Å². The molecule has 18 heavy (non-hydrogen) atoms. The summed E-state index contributed by atoms with van der Waals surface area (Å²) < 4.78 is 15.2. The number of nitrogens with one attached hydrogen (secondary N) is 1. The van der Waals surface area contributed by atoms with Crippen LogP contribution in [0.3, 0.4) is 0 Å². The summed E-state index contributed by atoms with van der Waals surface area (Å²) >= 11 is 0. The van der Waals surface area contributed by atoms with Gasteiger partial charge in [-0.15, -0.1) is 5.10 Å². The molecule has 0 atom stereocenters. The van der Waals surface area contributed by atoms with E-state index in [1.165, 1.54) is 0 Å². The average Bonchev–Trinajstić information content (AvgIpc) is 2.72. The Morgan fingerprint density at radius 1 is 1.22 bits per heavy atom. The predicted molar refractivity (Wildman–Crippen MR) is 67.4 cm³/mol. The zero-order valence-corrected chi connectivity index (χ0v) is 10.9. The molecule has 0 aliphatic heterocycles. The topological polar surface area (TPSA) is 42.7 Å². The summed E-state index contributed by atoms with van der Waals surface area (Å²) in [6.45, 7) is 4.97. The highest BCUT2D eigenvalue weighted by Crippen LogP contribution is 2.14. The highest BCUT2D eigenvalue weighted by molar-refractivity contribution is 5.30. The van der Waals surface area contributed by atoms with E-state index in [4.69, 9.17) is 0 Å². The number of rotatable bonds is 4. The van der Waals surface area contributed by atoms with Gasteiger partial charge in [0.05, 0.1) is 11.9 Å². The fourth-order valence-corrected chi connectivity index (χ4v) is 1.94. The first-order valence-corrected chi connectivity index (χ1v) is 5.88. The van der Waals surface area contributed by atoms with Gasteiger partial charge in [-0.05, 0) is 30.5 Å². The molecule has 1 aromatic heterocycles. The Kier molecular flexibility index (Phi) is 3.72. The minimum absolute atomic E-state index is 0.116. The van der Waals surface area contributed by atoms with Crippen LogP contribution in [0.15, 0.2) is 18.3 Å². The van der Waals surface area contributed by atoms with E-state index >= 15 is 0 Å². The van der Waals surface area contributed by atoms with Crippen molar-refractivity contribution in [2.75, 3.05) is 0 Å². The number of hydrogen-bond donors (Lipinski definition) is 1. The second-order valence-electron chi connectivity index (χ2n) is 4.50. The average molecular weight is 248 g/mol. The molecule has 5 heteroatoms.